The Kier molecular flexibility index (Phi) is 8.10. The number of carbonyl (C=O) groups is 1. The molecule has 1 saturated heterocycles. The minimum Gasteiger partial charge on any atom is -0.496 e. The van der Waals surface area contributed by atoms with E-state index in [1.165, 1.54) is 23.5 Å². The summed E-state index contributed by atoms with van der Waals surface area (Å²) >= 11 is 1.60. The zero-order valence-corrected chi connectivity index (χ0v) is 19.8. The van der Waals surface area contributed by atoms with Crippen LogP contribution in [0.4, 0.5) is 0 Å². The summed E-state index contributed by atoms with van der Waals surface area (Å²) in [4.78, 5) is 14.5. The molecule has 0 saturated carbocycles. The first-order valence-corrected chi connectivity index (χ1v) is 12.8. The van der Waals surface area contributed by atoms with E-state index in [0.29, 0.717) is 32.1 Å². The summed E-state index contributed by atoms with van der Waals surface area (Å²) in [5.41, 5.74) is 0.212. The number of amides is 1. The van der Waals surface area contributed by atoms with E-state index in [0.717, 1.165) is 17.7 Å². The first kappa shape index (κ1) is 23.7. The van der Waals surface area contributed by atoms with E-state index < -0.39 is 10.0 Å². The Labute approximate surface area is 188 Å². The van der Waals surface area contributed by atoms with Crippen molar-refractivity contribution in [2.45, 2.75) is 37.6 Å². The molecule has 1 aliphatic heterocycles. The van der Waals surface area contributed by atoms with Crippen LogP contribution in [0.2, 0.25) is 0 Å². The van der Waals surface area contributed by atoms with Gasteiger partial charge in [0.15, 0.2) is 0 Å². The molecular formula is C22H30N2O5S2. The van der Waals surface area contributed by atoms with E-state index in [4.69, 9.17) is 9.47 Å². The Balaban J connectivity index is 1.93. The van der Waals surface area contributed by atoms with Gasteiger partial charge >= 0.3 is 0 Å². The summed E-state index contributed by atoms with van der Waals surface area (Å²) in [6, 6.07) is 8.28. The number of hydrogen-bond acceptors (Lipinski definition) is 6. The Hall–Kier alpha value is -1.94. The molecule has 2 aromatic rings. The average molecular weight is 467 g/mol. The molecule has 1 aromatic heterocycles. The van der Waals surface area contributed by atoms with Gasteiger partial charge in [-0.1, -0.05) is 32.8 Å². The molecular weight excluding hydrogens is 436 g/mol. The fourth-order valence-electron chi connectivity index (χ4n) is 3.83. The van der Waals surface area contributed by atoms with Crippen LogP contribution in [0.15, 0.2) is 40.6 Å². The summed E-state index contributed by atoms with van der Waals surface area (Å²) in [6.45, 7) is 5.53. The molecule has 9 heteroatoms. The molecule has 7 nitrogen and oxygen atoms in total. The van der Waals surface area contributed by atoms with Crippen LogP contribution in [0.5, 0.6) is 5.75 Å². The number of morpholine rings is 1. The number of sulfonamides is 1. The van der Waals surface area contributed by atoms with E-state index in [-0.39, 0.29) is 28.3 Å². The Morgan fingerprint density at radius 2 is 1.94 bits per heavy atom. The normalized spacial score (nSPS) is 16.3. The molecule has 1 unspecified atom stereocenters. The Morgan fingerprint density at radius 1 is 1.23 bits per heavy atom. The Morgan fingerprint density at radius 3 is 2.52 bits per heavy atom. The molecule has 0 radical (unpaired) electrons. The second-order valence-corrected chi connectivity index (χ2v) is 10.3. The van der Waals surface area contributed by atoms with Gasteiger partial charge in [-0.05, 0) is 35.6 Å². The molecule has 1 N–H and O–H groups in total. The van der Waals surface area contributed by atoms with Crippen LogP contribution in [-0.2, 0) is 14.8 Å². The number of thiophene rings is 1. The maximum Gasteiger partial charge on any atom is 0.255 e. The van der Waals surface area contributed by atoms with Crippen LogP contribution < -0.4 is 10.1 Å². The van der Waals surface area contributed by atoms with E-state index in [9.17, 15) is 13.2 Å². The highest BCUT2D eigenvalue weighted by Gasteiger charge is 2.29. The van der Waals surface area contributed by atoms with E-state index in [2.05, 4.69) is 19.2 Å². The minimum absolute atomic E-state index is 0.0792. The van der Waals surface area contributed by atoms with Crippen molar-refractivity contribution in [1.82, 2.24) is 9.62 Å². The van der Waals surface area contributed by atoms with Crippen molar-refractivity contribution >= 4 is 27.3 Å². The first-order valence-electron chi connectivity index (χ1n) is 10.5. The van der Waals surface area contributed by atoms with Crippen molar-refractivity contribution in [3.8, 4) is 5.75 Å². The zero-order chi connectivity index (χ0) is 22.4. The highest BCUT2D eigenvalue weighted by Crippen LogP contribution is 2.32. The zero-order valence-electron chi connectivity index (χ0n) is 18.2. The number of benzene rings is 1. The van der Waals surface area contributed by atoms with Crippen molar-refractivity contribution in [2.24, 2.45) is 5.92 Å². The van der Waals surface area contributed by atoms with Gasteiger partial charge in [-0.3, -0.25) is 4.79 Å². The van der Waals surface area contributed by atoms with Gasteiger partial charge < -0.3 is 14.8 Å². The number of rotatable bonds is 9. The second kappa shape index (κ2) is 10.6. The topological polar surface area (TPSA) is 84.9 Å². The van der Waals surface area contributed by atoms with Gasteiger partial charge in [-0.25, -0.2) is 8.42 Å². The van der Waals surface area contributed by atoms with E-state index in [1.807, 2.05) is 17.5 Å². The molecule has 1 aliphatic rings. The van der Waals surface area contributed by atoms with Gasteiger partial charge in [0.2, 0.25) is 10.0 Å². The fraction of sp³-hybridized carbons (Fsp3) is 0.500. The van der Waals surface area contributed by atoms with Gasteiger partial charge in [0.25, 0.3) is 5.91 Å². The van der Waals surface area contributed by atoms with Crippen molar-refractivity contribution in [1.29, 1.82) is 0 Å². The van der Waals surface area contributed by atoms with Gasteiger partial charge in [0.05, 0.1) is 36.8 Å². The van der Waals surface area contributed by atoms with Crippen molar-refractivity contribution < 1.29 is 22.7 Å². The maximum absolute atomic E-state index is 13.3. The van der Waals surface area contributed by atoms with Crippen LogP contribution in [0, 0.1) is 5.92 Å². The summed E-state index contributed by atoms with van der Waals surface area (Å²) in [5.74, 6) is 0.267. The van der Waals surface area contributed by atoms with Crippen LogP contribution in [0.1, 0.15) is 48.0 Å². The molecule has 0 aliphatic carbocycles. The maximum atomic E-state index is 13.3. The molecule has 1 aromatic carbocycles. The van der Waals surface area contributed by atoms with Crippen LogP contribution in [-0.4, -0.2) is 52.0 Å². The largest absolute Gasteiger partial charge is 0.496 e. The number of nitrogens with one attached hydrogen (secondary N) is 1. The lowest BCUT2D eigenvalue weighted by Gasteiger charge is -2.27. The van der Waals surface area contributed by atoms with Crippen LogP contribution in [0.3, 0.4) is 0 Å². The molecule has 1 amide bonds. The highest BCUT2D eigenvalue weighted by atomic mass is 32.2. The number of hydrogen-bond donors (Lipinski definition) is 1. The predicted octanol–water partition coefficient (Wildman–Crippen LogP) is 3.68. The summed E-state index contributed by atoms with van der Waals surface area (Å²) in [6.07, 6.45) is 1.84. The summed E-state index contributed by atoms with van der Waals surface area (Å²) in [5, 5.41) is 5.13. The van der Waals surface area contributed by atoms with Crippen LogP contribution in [0.25, 0.3) is 0 Å². The smallest absolute Gasteiger partial charge is 0.255 e. The molecule has 0 spiro atoms. The second-order valence-electron chi connectivity index (χ2n) is 7.42. The molecule has 170 valence electrons. The molecule has 0 bridgehead atoms. The molecule has 1 atom stereocenters. The predicted molar refractivity (Wildman–Crippen MR) is 121 cm³/mol. The molecule has 2 heterocycles. The number of carbonyl (C=O) groups excluding carboxylic acids is 1. The monoisotopic (exact) mass is 466 g/mol. The van der Waals surface area contributed by atoms with Crippen molar-refractivity contribution in [3.05, 3.63) is 46.2 Å². The fourth-order valence-corrected chi connectivity index (χ4v) is 6.13. The average Bonchev–Trinajstić information content (AvgIpc) is 3.34. The Bertz CT molecular complexity index is 966. The quantitative estimate of drug-likeness (QED) is 0.609. The van der Waals surface area contributed by atoms with Crippen molar-refractivity contribution in [3.63, 3.8) is 0 Å². The summed E-state index contributed by atoms with van der Waals surface area (Å²) in [7, 11) is -2.25. The molecule has 3 rings (SSSR count). The number of ether oxygens (including phenoxy) is 2. The van der Waals surface area contributed by atoms with Crippen LogP contribution >= 0.6 is 11.3 Å². The standard InChI is InChI=1S/C22H30N2O5S2/c1-4-16(5-2)21(20-7-6-14-30-20)23-22(25)18-15-17(8-9-19(18)28-3)31(26,27)24-10-12-29-13-11-24/h6-9,14-16,21H,4-5,10-13H2,1-3H3,(H,23,25). The van der Waals surface area contributed by atoms with Gasteiger partial charge in [0, 0.05) is 18.0 Å². The lowest BCUT2D eigenvalue weighted by Crippen LogP contribution is -2.40. The van der Waals surface area contributed by atoms with Gasteiger partial charge in [-0.15, -0.1) is 11.3 Å². The lowest BCUT2D eigenvalue weighted by atomic mass is 9.92. The summed E-state index contributed by atoms with van der Waals surface area (Å²) < 4.78 is 38.2. The minimum atomic E-state index is -3.72. The number of nitrogens with zero attached hydrogens (tertiary/aromatic N) is 1. The van der Waals surface area contributed by atoms with Gasteiger partial charge in [-0.2, -0.15) is 4.31 Å². The third-order valence-corrected chi connectivity index (χ3v) is 8.53. The van der Waals surface area contributed by atoms with Crippen molar-refractivity contribution in [2.75, 3.05) is 33.4 Å². The lowest BCUT2D eigenvalue weighted by molar-refractivity contribution is 0.0730. The highest BCUT2D eigenvalue weighted by molar-refractivity contribution is 7.89. The van der Waals surface area contributed by atoms with Gasteiger partial charge in [0.1, 0.15) is 5.75 Å². The SMILES string of the molecule is CCC(CC)C(NC(=O)c1cc(S(=O)(=O)N2CCOCC2)ccc1OC)c1cccs1. The third-order valence-electron chi connectivity index (χ3n) is 5.68. The number of methoxy groups -OCH3 is 1. The molecule has 31 heavy (non-hydrogen) atoms. The first-order chi connectivity index (χ1) is 14.9. The van der Waals surface area contributed by atoms with E-state index in [1.54, 1.807) is 17.4 Å². The van der Waals surface area contributed by atoms with E-state index >= 15 is 0 Å². The third kappa shape index (κ3) is 5.28. The molecule has 1 fully saturated rings.